The molecular weight excluding hydrogens is 196 g/mol. The molecule has 1 aliphatic heterocycles. The van der Waals surface area contributed by atoms with E-state index in [1.807, 2.05) is 30.3 Å². The maximum absolute atomic E-state index is 9.73. The van der Waals surface area contributed by atoms with E-state index in [0.29, 0.717) is 0 Å². The fourth-order valence-corrected chi connectivity index (χ4v) is 1.74. The van der Waals surface area contributed by atoms with Crippen molar-refractivity contribution in [2.45, 2.75) is 24.4 Å². The van der Waals surface area contributed by atoms with Crippen LogP contribution in [0.1, 0.15) is 11.7 Å². The summed E-state index contributed by atoms with van der Waals surface area (Å²) < 4.78 is 5.30. The van der Waals surface area contributed by atoms with Gasteiger partial charge in [0.25, 0.3) is 0 Å². The van der Waals surface area contributed by atoms with Gasteiger partial charge in [0.15, 0.2) is 0 Å². The molecule has 4 nitrogen and oxygen atoms in total. The molecule has 1 aromatic rings. The quantitative estimate of drug-likeness (QED) is 0.602. The number of rotatable bonds is 1. The third-order valence-corrected chi connectivity index (χ3v) is 2.63. The molecule has 0 aromatic heterocycles. The van der Waals surface area contributed by atoms with Crippen molar-refractivity contribution in [1.29, 1.82) is 0 Å². The minimum atomic E-state index is -1.15. The van der Waals surface area contributed by atoms with Crippen molar-refractivity contribution in [2.75, 3.05) is 6.61 Å². The van der Waals surface area contributed by atoms with Crippen molar-refractivity contribution in [2.24, 2.45) is 0 Å². The van der Waals surface area contributed by atoms with Crippen molar-refractivity contribution in [1.82, 2.24) is 0 Å². The monoisotopic (exact) mass is 210 g/mol. The van der Waals surface area contributed by atoms with Gasteiger partial charge in [-0.2, -0.15) is 0 Å². The van der Waals surface area contributed by atoms with Gasteiger partial charge < -0.3 is 20.1 Å². The number of hydrogen-bond donors (Lipinski definition) is 3. The lowest BCUT2D eigenvalue weighted by molar-refractivity contribution is -0.189. The Bertz CT molecular complexity index is 314. The number of aliphatic hydroxyl groups is 3. The molecule has 1 heterocycles. The van der Waals surface area contributed by atoms with Crippen LogP contribution in [0, 0.1) is 0 Å². The molecule has 15 heavy (non-hydrogen) atoms. The zero-order valence-corrected chi connectivity index (χ0v) is 8.15. The number of ether oxygens (including phenoxy) is 1. The number of hydrogen-bond acceptors (Lipinski definition) is 4. The first kappa shape index (κ1) is 10.6. The first-order chi connectivity index (χ1) is 7.20. The maximum Gasteiger partial charge on any atom is 0.113 e. The summed E-state index contributed by atoms with van der Waals surface area (Å²) in [4.78, 5) is 0. The van der Waals surface area contributed by atoms with E-state index in [4.69, 9.17) is 4.74 Å². The van der Waals surface area contributed by atoms with Gasteiger partial charge >= 0.3 is 0 Å². The minimum absolute atomic E-state index is 0.0395. The molecule has 1 fully saturated rings. The molecule has 0 aliphatic carbocycles. The molecule has 0 radical (unpaired) electrons. The second kappa shape index (κ2) is 4.28. The van der Waals surface area contributed by atoms with E-state index in [9.17, 15) is 15.3 Å². The average Bonchev–Trinajstić information content (AvgIpc) is 2.27. The first-order valence-electron chi connectivity index (χ1n) is 4.91. The Morgan fingerprint density at radius 1 is 1.00 bits per heavy atom. The molecule has 4 atom stereocenters. The average molecular weight is 210 g/mol. The lowest BCUT2D eigenvalue weighted by Gasteiger charge is -2.35. The molecule has 1 aromatic carbocycles. The molecule has 1 aliphatic rings. The van der Waals surface area contributed by atoms with Crippen LogP contribution in [0.3, 0.4) is 0 Å². The predicted molar refractivity (Wildman–Crippen MR) is 53.2 cm³/mol. The summed E-state index contributed by atoms with van der Waals surface area (Å²) in [5, 5.41) is 28.5. The van der Waals surface area contributed by atoms with Crippen LogP contribution in [-0.4, -0.2) is 40.2 Å². The number of benzene rings is 1. The summed E-state index contributed by atoms with van der Waals surface area (Å²) in [5.74, 6) is 0. The topological polar surface area (TPSA) is 69.9 Å². The van der Waals surface area contributed by atoms with E-state index in [-0.39, 0.29) is 6.61 Å². The summed E-state index contributed by atoms with van der Waals surface area (Å²) in [6.45, 7) is 0.0395. The Balaban J connectivity index is 2.17. The fraction of sp³-hybridized carbons (Fsp3) is 0.455. The molecule has 0 spiro atoms. The molecule has 0 amide bonds. The van der Waals surface area contributed by atoms with Crippen molar-refractivity contribution in [3.8, 4) is 0 Å². The summed E-state index contributed by atoms with van der Waals surface area (Å²) in [5.41, 5.74) is 0.802. The standard InChI is InChI=1S/C11H14O4/c12-8-6-15-11(10(14)9(8)13)7-4-2-1-3-5-7/h1-5,8-14H,6H2/t8-,9+,10-,11+/m1/s1. The lowest BCUT2D eigenvalue weighted by atomic mass is 9.95. The Labute approximate surface area is 87.7 Å². The molecular formula is C11H14O4. The molecule has 82 valence electrons. The normalized spacial score (nSPS) is 36.5. The lowest BCUT2D eigenvalue weighted by Crippen LogP contribution is -2.48. The van der Waals surface area contributed by atoms with E-state index in [1.54, 1.807) is 0 Å². The molecule has 4 heteroatoms. The van der Waals surface area contributed by atoms with Crippen LogP contribution in [0.2, 0.25) is 0 Å². The number of aliphatic hydroxyl groups excluding tert-OH is 3. The third kappa shape index (κ3) is 2.03. The van der Waals surface area contributed by atoms with Crippen LogP contribution in [0.15, 0.2) is 30.3 Å². The molecule has 3 N–H and O–H groups in total. The maximum atomic E-state index is 9.73. The highest BCUT2D eigenvalue weighted by Gasteiger charge is 2.37. The van der Waals surface area contributed by atoms with Crippen LogP contribution < -0.4 is 0 Å². The Hall–Kier alpha value is -0.940. The summed E-state index contributed by atoms with van der Waals surface area (Å²) in [6.07, 6.45) is -3.82. The van der Waals surface area contributed by atoms with E-state index >= 15 is 0 Å². The zero-order chi connectivity index (χ0) is 10.8. The van der Waals surface area contributed by atoms with Crippen molar-refractivity contribution in [3.05, 3.63) is 35.9 Å². The van der Waals surface area contributed by atoms with Crippen LogP contribution in [-0.2, 0) is 4.74 Å². The van der Waals surface area contributed by atoms with Gasteiger partial charge in [-0.1, -0.05) is 30.3 Å². The molecule has 0 unspecified atom stereocenters. The van der Waals surface area contributed by atoms with Gasteiger partial charge in [0.1, 0.15) is 24.4 Å². The molecule has 0 saturated carbocycles. The third-order valence-electron chi connectivity index (χ3n) is 2.63. The zero-order valence-electron chi connectivity index (χ0n) is 8.15. The molecule has 1 saturated heterocycles. The SMILES string of the molecule is O[C@@H]1[C@@H](O)[C@H](c2ccccc2)OC[C@H]1O. The Morgan fingerprint density at radius 3 is 2.33 bits per heavy atom. The smallest absolute Gasteiger partial charge is 0.113 e. The van der Waals surface area contributed by atoms with Gasteiger partial charge in [-0.3, -0.25) is 0 Å². The molecule has 0 bridgehead atoms. The Kier molecular flexibility index (Phi) is 3.02. The van der Waals surface area contributed by atoms with E-state index in [2.05, 4.69) is 0 Å². The van der Waals surface area contributed by atoms with Crippen molar-refractivity contribution in [3.63, 3.8) is 0 Å². The predicted octanol–water partition coefficient (Wildman–Crippen LogP) is -0.159. The van der Waals surface area contributed by atoms with E-state index < -0.39 is 24.4 Å². The van der Waals surface area contributed by atoms with E-state index in [1.165, 1.54) is 0 Å². The summed E-state index contributed by atoms with van der Waals surface area (Å²) >= 11 is 0. The highest BCUT2D eigenvalue weighted by molar-refractivity contribution is 5.19. The van der Waals surface area contributed by atoms with Crippen LogP contribution in [0.4, 0.5) is 0 Å². The van der Waals surface area contributed by atoms with Crippen LogP contribution in [0.25, 0.3) is 0 Å². The summed E-state index contributed by atoms with van der Waals surface area (Å²) in [7, 11) is 0. The van der Waals surface area contributed by atoms with Gasteiger partial charge in [0, 0.05) is 0 Å². The Morgan fingerprint density at radius 2 is 1.67 bits per heavy atom. The minimum Gasteiger partial charge on any atom is -0.388 e. The highest BCUT2D eigenvalue weighted by Crippen LogP contribution is 2.28. The second-order valence-corrected chi connectivity index (χ2v) is 3.71. The summed E-state index contributed by atoms with van der Waals surface area (Å²) in [6, 6.07) is 9.17. The molecule has 2 rings (SSSR count). The van der Waals surface area contributed by atoms with Crippen LogP contribution in [0.5, 0.6) is 0 Å². The van der Waals surface area contributed by atoms with E-state index in [0.717, 1.165) is 5.56 Å². The van der Waals surface area contributed by atoms with Gasteiger partial charge in [-0.25, -0.2) is 0 Å². The van der Waals surface area contributed by atoms with Gasteiger partial charge in [0.05, 0.1) is 6.61 Å². The van der Waals surface area contributed by atoms with Crippen molar-refractivity contribution >= 4 is 0 Å². The van der Waals surface area contributed by atoms with Crippen LogP contribution >= 0.6 is 0 Å². The first-order valence-corrected chi connectivity index (χ1v) is 4.91. The van der Waals surface area contributed by atoms with Gasteiger partial charge in [-0.15, -0.1) is 0 Å². The fourth-order valence-electron chi connectivity index (χ4n) is 1.74. The second-order valence-electron chi connectivity index (χ2n) is 3.71. The van der Waals surface area contributed by atoms with Gasteiger partial charge in [-0.05, 0) is 5.56 Å². The van der Waals surface area contributed by atoms with Gasteiger partial charge in [0.2, 0.25) is 0 Å². The largest absolute Gasteiger partial charge is 0.388 e. The van der Waals surface area contributed by atoms with Crippen molar-refractivity contribution < 1.29 is 20.1 Å². The highest BCUT2D eigenvalue weighted by atomic mass is 16.5.